The fourth-order valence-electron chi connectivity index (χ4n) is 4.15. The van der Waals surface area contributed by atoms with Crippen LogP contribution in [0.2, 0.25) is 0 Å². The summed E-state index contributed by atoms with van der Waals surface area (Å²) in [6.07, 6.45) is -17.9. The summed E-state index contributed by atoms with van der Waals surface area (Å²) in [4.78, 5) is 17.8. The van der Waals surface area contributed by atoms with Crippen LogP contribution in [0.5, 0.6) is 0 Å². The first-order valence-corrected chi connectivity index (χ1v) is 12.9. The van der Waals surface area contributed by atoms with E-state index in [0.717, 1.165) is 4.90 Å². The molecular formula is C24H20F10N4O4S. The SMILES string of the molecule is CC(C)(O)c1nnc(-c2nc(C(=O)N3CCC(F)(F)CC3)c(-c3ccc(C(O)(C(F)(F)F)C(F)(F)F)cc3C(F)F)s2)o1. The topological polar surface area (TPSA) is 113 Å². The van der Waals surface area contributed by atoms with Crippen LogP contribution in [0.15, 0.2) is 22.6 Å². The lowest BCUT2D eigenvalue weighted by atomic mass is 9.89. The molecule has 0 unspecified atom stereocenters. The number of alkyl halides is 10. The highest BCUT2D eigenvalue weighted by Crippen LogP contribution is 2.51. The largest absolute Gasteiger partial charge is 0.430 e. The Bertz CT molecular complexity index is 1490. The number of thiazole rings is 1. The summed E-state index contributed by atoms with van der Waals surface area (Å²) in [5.74, 6) is -4.91. The number of aromatic nitrogens is 3. The number of piperidine rings is 1. The van der Waals surface area contributed by atoms with Gasteiger partial charge in [-0.2, -0.15) is 26.3 Å². The third-order valence-electron chi connectivity index (χ3n) is 6.51. The van der Waals surface area contributed by atoms with Gasteiger partial charge in [0.2, 0.25) is 5.89 Å². The predicted octanol–water partition coefficient (Wildman–Crippen LogP) is 6.21. The summed E-state index contributed by atoms with van der Waals surface area (Å²) in [6.45, 7) is 1.59. The van der Waals surface area contributed by atoms with Gasteiger partial charge in [-0.25, -0.2) is 22.5 Å². The second-order valence-electron chi connectivity index (χ2n) is 10.1. The Balaban J connectivity index is 1.91. The summed E-state index contributed by atoms with van der Waals surface area (Å²) < 4.78 is 142. The van der Waals surface area contributed by atoms with Crippen molar-refractivity contribution < 1.29 is 63.3 Å². The number of rotatable bonds is 6. The quantitative estimate of drug-likeness (QED) is 0.305. The minimum atomic E-state index is -6.36. The van der Waals surface area contributed by atoms with E-state index in [1.807, 2.05) is 0 Å². The van der Waals surface area contributed by atoms with Gasteiger partial charge in [-0.05, 0) is 19.9 Å². The third-order valence-corrected chi connectivity index (χ3v) is 7.59. The van der Waals surface area contributed by atoms with Crippen molar-refractivity contribution in [1.82, 2.24) is 20.1 Å². The molecule has 4 rings (SSSR count). The summed E-state index contributed by atoms with van der Waals surface area (Å²) in [7, 11) is 0. The number of amides is 1. The predicted molar refractivity (Wildman–Crippen MR) is 127 cm³/mol. The number of likely N-dealkylation sites (tertiary alicyclic amines) is 1. The molecule has 0 spiro atoms. The van der Waals surface area contributed by atoms with Gasteiger partial charge in [0.05, 0.1) is 4.88 Å². The maximum absolute atomic E-state index is 14.2. The van der Waals surface area contributed by atoms with Crippen LogP contribution in [0.25, 0.3) is 21.3 Å². The van der Waals surface area contributed by atoms with E-state index in [1.54, 1.807) is 0 Å². The zero-order valence-electron chi connectivity index (χ0n) is 21.8. The van der Waals surface area contributed by atoms with Crippen LogP contribution < -0.4 is 0 Å². The molecule has 2 aromatic heterocycles. The third kappa shape index (κ3) is 6.06. The van der Waals surface area contributed by atoms with Gasteiger partial charge >= 0.3 is 12.4 Å². The second kappa shape index (κ2) is 10.7. The van der Waals surface area contributed by atoms with E-state index in [0.29, 0.717) is 17.4 Å². The zero-order valence-corrected chi connectivity index (χ0v) is 22.6. The zero-order chi connectivity index (χ0) is 32.3. The molecule has 1 fully saturated rings. The molecule has 3 heterocycles. The standard InChI is InChI=1S/C24H20F10N4O4S/c1-20(2,40)19-37-36-16(42-19)17-35-13(18(39)38-7-5-21(27,28)6-8-38)14(43-17)11-4-3-10(9-12(11)15(25)26)22(41,23(29,30)31)24(32,33)34/h3-4,9,15,40-41H,5-8H2,1-2H3. The van der Waals surface area contributed by atoms with E-state index < -0.39 is 101 Å². The maximum Gasteiger partial charge on any atom is 0.430 e. The lowest BCUT2D eigenvalue weighted by Crippen LogP contribution is -2.54. The van der Waals surface area contributed by atoms with Crippen molar-refractivity contribution in [2.24, 2.45) is 0 Å². The lowest BCUT2D eigenvalue weighted by Gasteiger charge is -2.33. The summed E-state index contributed by atoms with van der Waals surface area (Å²) >= 11 is 0.413. The van der Waals surface area contributed by atoms with Crippen molar-refractivity contribution in [3.8, 4) is 21.3 Å². The smallest absolute Gasteiger partial charge is 0.415 e. The molecule has 236 valence electrons. The fraction of sp³-hybridized carbons (Fsp3) is 0.500. The molecule has 1 aliphatic rings. The molecule has 43 heavy (non-hydrogen) atoms. The molecule has 1 amide bonds. The van der Waals surface area contributed by atoms with Crippen LogP contribution >= 0.6 is 11.3 Å². The number of benzene rings is 1. The van der Waals surface area contributed by atoms with Gasteiger partial charge in [-0.3, -0.25) is 4.79 Å². The van der Waals surface area contributed by atoms with Gasteiger partial charge in [0, 0.05) is 42.6 Å². The Kier molecular flexibility index (Phi) is 8.10. The first kappa shape index (κ1) is 32.6. The monoisotopic (exact) mass is 650 g/mol. The lowest BCUT2D eigenvalue weighted by molar-refractivity contribution is -0.376. The molecule has 3 aromatic rings. The van der Waals surface area contributed by atoms with Gasteiger partial charge < -0.3 is 19.5 Å². The molecule has 0 saturated carbocycles. The molecule has 8 nitrogen and oxygen atoms in total. The van der Waals surface area contributed by atoms with E-state index in [1.165, 1.54) is 13.8 Å². The molecule has 0 bridgehead atoms. The highest BCUT2D eigenvalue weighted by molar-refractivity contribution is 7.18. The number of carbonyl (C=O) groups excluding carboxylic acids is 1. The first-order valence-electron chi connectivity index (χ1n) is 12.1. The molecule has 1 saturated heterocycles. The van der Waals surface area contributed by atoms with Gasteiger partial charge in [0.25, 0.3) is 29.7 Å². The van der Waals surface area contributed by atoms with Crippen LogP contribution in [0, 0.1) is 0 Å². The first-order chi connectivity index (χ1) is 19.6. The minimum Gasteiger partial charge on any atom is -0.415 e. The highest BCUT2D eigenvalue weighted by atomic mass is 32.1. The number of hydrogen-bond acceptors (Lipinski definition) is 8. The van der Waals surface area contributed by atoms with E-state index >= 15 is 0 Å². The number of carbonyl (C=O) groups is 1. The molecule has 0 radical (unpaired) electrons. The molecule has 2 N–H and O–H groups in total. The summed E-state index contributed by atoms with van der Waals surface area (Å²) in [5.41, 5.74) is -12.0. The van der Waals surface area contributed by atoms with Gasteiger partial charge in [0.1, 0.15) is 11.3 Å². The summed E-state index contributed by atoms with van der Waals surface area (Å²) in [5, 5.41) is 26.8. The van der Waals surface area contributed by atoms with Crippen LogP contribution in [0.4, 0.5) is 43.9 Å². The second-order valence-corrected chi connectivity index (χ2v) is 11.1. The van der Waals surface area contributed by atoms with Crippen molar-refractivity contribution in [2.45, 2.75) is 62.6 Å². The van der Waals surface area contributed by atoms with Crippen LogP contribution in [-0.2, 0) is 11.2 Å². The van der Waals surface area contributed by atoms with Crippen LogP contribution in [-0.4, -0.2) is 67.6 Å². The van der Waals surface area contributed by atoms with E-state index in [-0.39, 0.29) is 23.0 Å². The van der Waals surface area contributed by atoms with Gasteiger partial charge in [-0.1, -0.05) is 12.1 Å². The van der Waals surface area contributed by atoms with Crippen molar-refractivity contribution in [1.29, 1.82) is 0 Å². The Morgan fingerprint density at radius 2 is 1.60 bits per heavy atom. The van der Waals surface area contributed by atoms with Crippen molar-refractivity contribution in [3.05, 3.63) is 40.9 Å². The molecule has 1 aromatic carbocycles. The van der Waals surface area contributed by atoms with E-state index in [2.05, 4.69) is 15.2 Å². The minimum absolute atomic E-state index is 0.121. The Hall–Kier alpha value is -3.32. The van der Waals surface area contributed by atoms with Crippen LogP contribution in [0.3, 0.4) is 0 Å². The normalized spacial score (nSPS) is 16.7. The average Bonchev–Trinajstić information content (AvgIpc) is 3.54. The molecule has 0 aliphatic carbocycles. The molecule has 0 atom stereocenters. The fourth-order valence-corrected chi connectivity index (χ4v) is 5.17. The highest BCUT2D eigenvalue weighted by Gasteiger charge is 2.71. The Morgan fingerprint density at radius 3 is 2.09 bits per heavy atom. The van der Waals surface area contributed by atoms with Gasteiger partial charge in [0.15, 0.2) is 5.01 Å². The van der Waals surface area contributed by atoms with E-state index in [4.69, 9.17) is 4.42 Å². The number of aliphatic hydroxyl groups is 2. The van der Waals surface area contributed by atoms with Crippen molar-refractivity contribution in [2.75, 3.05) is 13.1 Å². The summed E-state index contributed by atoms with van der Waals surface area (Å²) in [6, 6.07) is 0.360. The van der Waals surface area contributed by atoms with Crippen molar-refractivity contribution >= 4 is 17.2 Å². The van der Waals surface area contributed by atoms with Crippen LogP contribution in [0.1, 0.15) is 60.6 Å². The Labute approximate surface area is 239 Å². The maximum atomic E-state index is 14.2. The van der Waals surface area contributed by atoms with Crippen molar-refractivity contribution in [3.63, 3.8) is 0 Å². The Morgan fingerprint density at radius 1 is 1.02 bits per heavy atom. The van der Waals surface area contributed by atoms with E-state index in [9.17, 15) is 58.9 Å². The number of halogens is 10. The average molecular weight is 650 g/mol. The molecule has 19 heteroatoms. The number of nitrogens with zero attached hydrogens (tertiary/aromatic N) is 4. The molecular weight excluding hydrogens is 630 g/mol. The number of hydrogen-bond donors (Lipinski definition) is 2. The molecule has 1 aliphatic heterocycles. The van der Waals surface area contributed by atoms with Gasteiger partial charge in [-0.15, -0.1) is 21.5 Å².